The standard InChI is InChI=1S/C4H9ClO3/c5-3-7-1-2-8-4-6/h6H,1-4H2. The molecular weight excluding hydrogens is 131 g/mol. The van der Waals surface area contributed by atoms with E-state index < -0.39 is 0 Å². The van der Waals surface area contributed by atoms with Crippen molar-refractivity contribution in [3.05, 3.63) is 0 Å². The molecule has 0 aliphatic rings. The second-order valence-corrected chi connectivity index (χ2v) is 1.27. The summed E-state index contributed by atoms with van der Waals surface area (Å²) in [5.41, 5.74) is 0. The molecule has 0 aromatic rings. The molecule has 1 N–H and O–H groups in total. The predicted octanol–water partition coefficient (Wildman–Crippen LogP) is 0.166. The molecule has 0 rings (SSSR count). The van der Waals surface area contributed by atoms with Crippen LogP contribution in [-0.2, 0) is 9.47 Å². The SMILES string of the molecule is OCOCCOCCl. The number of alkyl halides is 1. The van der Waals surface area contributed by atoms with E-state index in [-0.39, 0.29) is 12.9 Å². The summed E-state index contributed by atoms with van der Waals surface area (Å²) in [6.07, 6.45) is 0. The van der Waals surface area contributed by atoms with Gasteiger partial charge in [-0.15, -0.1) is 0 Å². The second-order valence-electron chi connectivity index (χ2n) is 1.05. The van der Waals surface area contributed by atoms with E-state index in [1.807, 2.05) is 0 Å². The summed E-state index contributed by atoms with van der Waals surface area (Å²) in [5.74, 6) is 0. The molecule has 0 amide bonds. The molecule has 0 aromatic carbocycles. The first-order chi connectivity index (χ1) is 3.91. The van der Waals surface area contributed by atoms with Gasteiger partial charge in [0.2, 0.25) is 0 Å². The highest BCUT2D eigenvalue weighted by molar-refractivity contribution is 6.17. The van der Waals surface area contributed by atoms with Crippen molar-refractivity contribution in [2.45, 2.75) is 0 Å². The van der Waals surface area contributed by atoms with Gasteiger partial charge in [-0.25, -0.2) is 0 Å². The molecule has 0 heterocycles. The van der Waals surface area contributed by atoms with Crippen molar-refractivity contribution in [1.29, 1.82) is 0 Å². The molecule has 0 bridgehead atoms. The maximum Gasteiger partial charge on any atom is 0.143 e. The quantitative estimate of drug-likeness (QED) is 0.336. The molecule has 0 saturated carbocycles. The van der Waals surface area contributed by atoms with Crippen LogP contribution in [0.15, 0.2) is 0 Å². The van der Waals surface area contributed by atoms with E-state index in [0.717, 1.165) is 0 Å². The van der Waals surface area contributed by atoms with Gasteiger partial charge in [0.1, 0.15) is 12.9 Å². The minimum Gasteiger partial charge on any atom is -0.371 e. The van der Waals surface area contributed by atoms with Gasteiger partial charge in [-0.05, 0) is 0 Å². The normalized spacial score (nSPS) is 9.75. The summed E-state index contributed by atoms with van der Waals surface area (Å²) in [4.78, 5) is 0. The number of aliphatic hydroxyl groups is 1. The van der Waals surface area contributed by atoms with Gasteiger partial charge < -0.3 is 14.6 Å². The van der Waals surface area contributed by atoms with Crippen LogP contribution in [0.5, 0.6) is 0 Å². The summed E-state index contributed by atoms with van der Waals surface area (Å²) < 4.78 is 9.17. The lowest BCUT2D eigenvalue weighted by atomic mass is 10.8. The Labute approximate surface area is 53.2 Å². The zero-order chi connectivity index (χ0) is 6.24. The van der Waals surface area contributed by atoms with E-state index in [9.17, 15) is 0 Å². The fourth-order valence-corrected chi connectivity index (χ4v) is 0.346. The Morgan fingerprint density at radius 1 is 1.25 bits per heavy atom. The Kier molecular flexibility index (Phi) is 7.32. The molecular formula is C4H9ClO3. The van der Waals surface area contributed by atoms with E-state index in [1.165, 1.54) is 0 Å². The highest BCUT2D eigenvalue weighted by Crippen LogP contribution is 1.78. The molecule has 8 heavy (non-hydrogen) atoms. The third-order valence-electron chi connectivity index (χ3n) is 0.540. The maximum absolute atomic E-state index is 8.05. The Balaban J connectivity index is 2.53. The average molecular weight is 141 g/mol. The van der Waals surface area contributed by atoms with E-state index >= 15 is 0 Å². The van der Waals surface area contributed by atoms with E-state index in [1.54, 1.807) is 0 Å². The lowest BCUT2D eigenvalue weighted by Crippen LogP contribution is -2.03. The van der Waals surface area contributed by atoms with Gasteiger partial charge in [0.25, 0.3) is 0 Å². The lowest BCUT2D eigenvalue weighted by Gasteiger charge is -1.97. The van der Waals surface area contributed by atoms with E-state index in [4.69, 9.17) is 16.7 Å². The molecule has 0 aromatic heterocycles. The van der Waals surface area contributed by atoms with Crippen molar-refractivity contribution in [3.8, 4) is 0 Å². The molecule has 0 saturated heterocycles. The van der Waals surface area contributed by atoms with Crippen molar-refractivity contribution in [2.75, 3.05) is 26.1 Å². The molecule has 0 radical (unpaired) electrons. The number of hydrogen-bond acceptors (Lipinski definition) is 3. The number of aliphatic hydroxyl groups excluding tert-OH is 1. The van der Waals surface area contributed by atoms with Crippen LogP contribution in [0, 0.1) is 0 Å². The van der Waals surface area contributed by atoms with E-state index in [2.05, 4.69) is 9.47 Å². The summed E-state index contributed by atoms with van der Waals surface area (Å²) in [7, 11) is 0. The van der Waals surface area contributed by atoms with Crippen molar-refractivity contribution in [1.82, 2.24) is 0 Å². The third-order valence-corrected chi connectivity index (χ3v) is 0.695. The van der Waals surface area contributed by atoms with Crippen molar-refractivity contribution in [2.24, 2.45) is 0 Å². The van der Waals surface area contributed by atoms with Crippen molar-refractivity contribution < 1.29 is 14.6 Å². The lowest BCUT2D eigenvalue weighted by molar-refractivity contribution is -0.0240. The van der Waals surface area contributed by atoms with Gasteiger partial charge in [-0.1, -0.05) is 11.6 Å². The minimum absolute atomic E-state index is 0.175. The van der Waals surface area contributed by atoms with Crippen molar-refractivity contribution >= 4 is 11.6 Å². The molecule has 0 fully saturated rings. The van der Waals surface area contributed by atoms with Crippen molar-refractivity contribution in [3.63, 3.8) is 0 Å². The Bertz CT molecular complexity index is 36.3. The summed E-state index contributed by atoms with van der Waals surface area (Å²) in [5, 5.41) is 8.05. The van der Waals surface area contributed by atoms with Gasteiger partial charge in [0, 0.05) is 0 Å². The molecule has 4 heteroatoms. The average Bonchev–Trinajstić information content (AvgIpc) is 1.81. The van der Waals surface area contributed by atoms with Crippen LogP contribution in [0.3, 0.4) is 0 Å². The van der Waals surface area contributed by atoms with Gasteiger partial charge in [-0.3, -0.25) is 0 Å². The Hall–Kier alpha value is 0.170. The smallest absolute Gasteiger partial charge is 0.143 e. The second kappa shape index (κ2) is 7.17. The molecule has 50 valence electrons. The first-order valence-electron chi connectivity index (χ1n) is 2.24. The van der Waals surface area contributed by atoms with Gasteiger partial charge in [-0.2, -0.15) is 0 Å². The van der Waals surface area contributed by atoms with Crippen LogP contribution in [0.4, 0.5) is 0 Å². The van der Waals surface area contributed by atoms with Gasteiger partial charge >= 0.3 is 0 Å². The summed E-state index contributed by atoms with van der Waals surface area (Å²) in [6, 6.07) is 0.175. The summed E-state index contributed by atoms with van der Waals surface area (Å²) >= 11 is 5.14. The minimum atomic E-state index is -0.258. The van der Waals surface area contributed by atoms with Crippen LogP contribution in [0.25, 0.3) is 0 Å². The van der Waals surface area contributed by atoms with Gasteiger partial charge in [0.15, 0.2) is 0 Å². The van der Waals surface area contributed by atoms with Crippen LogP contribution in [0.2, 0.25) is 0 Å². The molecule has 0 spiro atoms. The number of halogens is 1. The zero-order valence-electron chi connectivity index (χ0n) is 4.47. The third kappa shape index (κ3) is 6.17. The van der Waals surface area contributed by atoms with Crippen LogP contribution in [-0.4, -0.2) is 31.2 Å². The first kappa shape index (κ1) is 8.17. The monoisotopic (exact) mass is 140 g/mol. The molecule has 3 nitrogen and oxygen atoms in total. The number of ether oxygens (including phenoxy) is 2. The molecule has 0 aliphatic carbocycles. The van der Waals surface area contributed by atoms with Crippen LogP contribution >= 0.6 is 11.6 Å². The number of rotatable bonds is 5. The highest BCUT2D eigenvalue weighted by Gasteiger charge is 1.82. The Morgan fingerprint density at radius 2 is 1.88 bits per heavy atom. The zero-order valence-corrected chi connectivity index (χ0v) is 5.23. The fourth-order valence-electron chi connectivity index (χ4n) is 0.237. The predicted molar refractivity (Wildman–Crippen MR) is 29.7 cm³/mol. The molecule has 0 unspecified atom stereocenters. The topological polar surface area (TPSA) is 38.7 Å². The maximum atomic E-state index is 8.05. The first-order valence-corrected chi connectivity index (χ1v) is 2.77. The van der Waals surface area contributed by atoms with E-state index in [0.29, 0.717) is 13.2 Å². The Morgan fingerprint density at radius 3 is 2.38 bits per heavy atom. The summed E-state index contributed by atoms with van der Waals surface area (Å²) in [6.45, 7) is 0.568. The fraction of sp³-hybridized carbons (Fsp3) is 1.00. The largest absolute Gasteiger partial charge is 0.371 e. The number of hydrogen-bond donors (Lipinski definition) is 1. The van der Waals surface area contributed by atoms with Crippen LogP contribution < -0.4 is 0 Å². The molecule has 0 atom stereocenters. The van der Waals surface area contributed by atoms with Crippen LogP contribution in [0.1, 0.15) is 0 Å². The van der Waals surface area contributed by atoms with Gasteiger partial charge in [0.05, 0.1) is 13.2 Å². The highest BCUT2D eigenvalue weighted by atomic mass is 35.5. The molecule has 0 aliphatic heterocycles.